The topological polar surface area (TPSA) is 95.5 Å². The predicted molar refractivity (Wildman–Crippen MR) is 85.7 cm³/mol. The smallest absolute Gasteiger partial charge is 0.335 e. The Morgan fingerprint density at radius 3 is 2.30 bits per heavy atom. The van der Waals surface area contributed by atoms with Crippen LogP contribution in [0.5, 0.6) is 0 Å². The molecular formula is C17H16N2O4. The van der Waals surface area contributed by atoms with Crippen molar-refractivity contribution in [2.75, 3.05) is 5.32 Å². The Morgan fingerprint density at radius 1 is 1.00 bits per heavy atom. The van der Waals surface area contributed by atoms with Gasteiger partial charge in [-0.3, -0.25) is 4.79 Å². The fourth-order valence-electron chi connectivity index (χ4n) is 1.94. The first-order valence-corrected chi connectivity index (χ1v) is 6.94. The lowest BCUT2D eigenvalue weighted by molar-refractivity contribution is 0.0696. The highest BCUT2D eigenvalue weighted by Crippen LogP contribution is 2.11. The number of carbonyl (C=O) groups is 3. The van der Waals surface area contributed by atoms with Crippen LogP contribution in [0.25, 0.3) is 0 Å². The molecule has 0 atom stereocenters. The van der Waals surface area contributed by atoms with E-state index in [9.17, 15) is 14.4 Å². The number of nitrogens with one attached hydrogen (secondary N) is 2. The largest absolute Gasteiger partial charge is 0.478 e. The van der Waals surface area contributed by atoms with Gasteiger partial charge in [0, 0.05) is 17.8 Å². The van der Waals surface area contributed by atoms with Crippen molar-refractivity contribution in [3.05, 3.63) is 65.2 Å². The summed E-state index contributed by atoms with van der Waals surface area (Å²) in [5.41, 5.74) is 2.02. The number of carboxylic acids is 1. The van der Waals surface area contributed by atoms with Crippen molar-refractivity contribution in [2.24, 2.45) is 0 Å². The van der Waals surface area contributed by atoms with Crippen molar-refractivity contribution < 1.29 is 19.5 Å². The van der Waals surface area contributed by atoms with Crippen molar-refractivity contribution >= 4 is 23.5 Å². The van der Waals surface area contributed by atoms with Crippen LogP contribution in [-0.4, -0.2) is 22.9 Å². The maximum absolute atomic E-state index is 11.8. The Balaban J connectivity index is 1.91. The van der Waals surface area contributed by atoms with Gasteiger partial charge in [0.05, 0.1) is 5.56 Å². The second kappa shape index (κ2) is 7.22. The van der Waals surface area contributed by atoms with Gasteiger partial charge in [-0.25, -0.2) is 9.59 Å². The van der Waals surface area contributed by atoms with Crippen LogP contribution in [0.3, 0.4) is 0 Å². The molecule has 6 heteroatoms. The Kier molecular flexibility index (Phi) is 5.09. The molecule has 3 N–H and O–H groups in total. The number of benzene rings is 2. The van der Waals surface area contributed by atoms with E-state index < -0.39 is 12.0 Å². The highest BCUT2D eigenvalue weighted by molar-refractivity contribution is 5.96. The van der Waals surface area contributed by atoms with E-state index in [0.29, 0.717) is 11.3 Å². The number of hydrogen-bond acceptors (Lipinski definition) is 3. The molecular weight excluding hydrogens is 296 g/mol. The van der Waals surface area contributed by atoms with Gasteiger partial charge in [0.2, 0.25) is 0 Å². The minimum absolute atomic E-state index is 0.0763. The molecule has 2 aromatic rings. The van der Waals surface area contributed by atoms with Gasteiger partial charge in [0.25, 0.3) is 0 Å². The second-order valence-electron chi connectivity index (χ2n) is 4.95. The summed E-state index contributed by atoms with van der Waals surface area (Å²) in [6.07, 6.45) is 0. The molecule has 0 aliphatic carbocycles. The number of ketones is 1. The van der Waals surface area contributed by atoms with E-state index in [1.165, 1.54) is 19.1 Å². The van der Waals surface area contributed by atoms with Crippen LogP contribution in [0, 0.1) is 0 Å². The van der Waals surface area contributed by atoms with Crippen molar-refractivity contribution in [3.63, 3.8) is 0 Å². The fourth-order valence-corrected chi connectivity index (χ4v) is 1.94. The van der Waals surface area contributed by atoms with Crippen molar-refractivity contribution in [1.82, 2.24) is 5.32 Å². The lowest BCUT2D eigenvalue weighted by Gasteiger charge is -2.08. The zero-order chi connectivity index (χ0) is 16.8. The van der Waals surface area contributed by atoms with Crippen LogP contribution in [0.1, 0.15) is 33.2 Å². The average molecular weight is 312 g/mol. The molecule has 0 saturated carbocycles. The maximum Gasteiger partial charge on any atom is 0.335 e. The highest BCUT2D eigenvalue weighted by Gasteiger charge is 2.05. The summed E-state index contributed by atoms with van der Waals surface area (Å²) in [4.78, 5) is 33.9. The molecule has 0 radical (unpaired) electrons. The molecule has 0 bridgehead atoms. The molecule has 0 unspecified atom stereocenters. The number of hydrogen-bond donors (Lipinski definition) is 3. The van der Waals surface area contributed by atoms with Gasteiger partial charge in [-0.2, -0.15) is 0 Å². The van der Waals surface area contributed by atoms with E-state index >= 15 is 0 Å². The Bertz CT molecular complexity index is 739. The van der Waals surface area contributed by atoms with E-state index in [-0.39, 0.29) is 17.9 Å². The normalized spacial score (nSPS) is 9.96. The lowest BCUT2D eigenvalue weighted by atomic mass is 10.1. The molecule has 118 valence electrons. The summed E-state index contributed by atoms with van der Waals surface area (Å²) < 4.78 is 0. The molecule has 6 nitrogen and oxygen atoms in total. The number of aromatic carboxylic acids is 1. The fraction of sp³-hybridized carbons (Fsp3) is 0.118. The molecule has 0 saturated heterocycles. The number of urea groups is 1. The Hall–Kier alpha value is -3.15. The third-order valence-corrected chi connectivity index (χ3v) is 3.18. The molecule has 23 heavy (non-hydrogen) atoms. The summed E-state index contributed by atoms with van der Waals surface area (Å²) in [6, 6.07) is 12.5. The predicted octanol–water partition coefficient (Wildman–Crippen LogP) is 2.91. The number of rotatable bonds is 5. The first-order chi connectivity index (χ1) is 11.0. The van der Waals surface area contributed by atoms with E-state index in [0.717, 1.165) is 5.56 Å². The standard InChI is InChI=1S/C17H16N2O4/c1-11(20)14-3-2-4-15(9-14)19-17(23)18-10-12-5-7-13(8-6-12)16(21)22/h2-9H,10H2,1H3,(H,21,22)(H2,18,19,23). The zero-order valence-corrected chi connectivity index (χ0v) is 12.5. The van der Waals surface area contributed by atoms with E-state index in [4.69, 9.17) is 5.11 Å². The first-order valence-electron chi connectivity index (χ1n) is 6.94. The lowest BCUT2D eigenvalue weighted by Crippen LogP contribution is -2.28. The van der Waals surface area contributed by atoms with Crippen LogP contribution >= 0.6 is 0 Å². The van der Waals surface area contributed by atoms with Crippen molar-refractivity contribution in [2.45, 2.75) is 13.5 Å². The van der Waals surface area contributed by atoms with Gasteiger partial charge in [-0.05, 0) is 36.8 Å². The molecule has 0 heterocycles. The van der Waals surface area contributed by atoms with Crippen LogP contribution in [-0.2, 0) is 6.54 Å². The Labute approximate surface area is 133 Å². The van der Waals surface area contributed by atoms with Gasteiger partial charge in [-0.1, -0.05) is 24.3 Å². The number of amides is 2. The van der Waals surface area contributed by atoms with Crippen LogP contribution < -0.4 is 10.6 Å². The monoisotopic (exact) mass is 312 g/mol. The van der Waals surface area contributed by atoms with Gasteiger partial charge in [0.1, 0.15) is 0 Å². The van der Waals surface area contributed by atoms with Crippen molar-refractivity contribution in [1.29, 1.82) is 0 Å². The third kappa shape index (κ3) is 4.67. The van der Waals surface area contributed by atoms with E-state index in [2.05, 4.69) is 10.6 Å². The number of carboxylic acid groups (broad SMARTS) is 1. The molecule has 0 aliphatic heterocycles. The molecule has 0 aromatic heterocycles. The molecule has 0 spiro atoms. The number of anilines is 1. The van der Waals surface area contributed by atoms with Crippen LogP contribution in [0.15, 0.2) is 48.5 Å². The number of Topliss-reactive ketones (excluding diaryl/α,β-unsaturated/α-hetero) is 1. The summed E-state index contributed by atoms with van der Waals surface area (Å²) in [6.45, 7) is 1.72. The molecule has 0 fully saturated rings. The first kappa shape index (κ1) is 16.2. The zero-order valence-electron chi connectivity index (χ0n) is 12.5. The Morgan fingerprint density at radius 2 is 1.70 bits per heavy atom. The molecule has 2 amide bonds. The third-order valence-electron chi connectivity index (χ3n) is 3.18. The quantitative estimate of drug-likeness (QED) is 0.740. The molecule has 2 aromatic carbocycles. The van der Waals surface area contributed by atoms with Gasteiger partial charge in [-0.15, -0.1) is 0 Å². The van der Waals surface area contributed by atoms with Gasteiger partial charge < -0.3 is 15.7 Å². The van der Waals surface area contributed by atoms with Crippen LogP contribution in [0.4, 0.5) is 10.5 Å². The van der Waals surface area contributed by atoms with E-state index in [1.54, 1.807) is 36.4 Å². The maximum atomic E-state index is 11.8. The van der Waals surface area contributed by atoms with Crippen molar-refractivity contribution in [3.8, 4) is 0 Å². The average Bonchev–Trinajstić information content (AvgIpc) is 2.53. The molecule has 2 rings (SSSR count). The summed E-state index contributed by atoms with van der Waals surface area (Å²) >= 11 is 0. The minimum atomic E-state index is -0.993. The second-order valence-corrected chi connectivity index (χ2v) is 4.95. The number of carbonyl (C=O) groups excluding carboxylic acids is 2. The highest BCUT2D eigenvalue weighted by atomic mass is 16.4. The minimum Gasteiger partial charge on any atom is -0.478 e. The SMILES string of the molecule is CC(=O)c1cccc(NC(=O)NCc2ccc(C(=O)O)cc2)c1. The van der Waals surface area contributed by atoms with E-state index in [1.807, 2.05) is 0 Å². The van der Waals surface area contributed by atoms with Crippen LogP contribution in [0.2, 0.25) is 0 Å². The van der Waals surface area contributed by atoms with Gasteiger partial charge >= 0.3 is 12.0 Å². The van der Waals surface area contributed by atoms with Gasteiger partial charge in [0.15, 0.2) is 5.78 Å². The molecule has 0 aliphatic rings. The summed E-state index contributed by atoms with van der Waals surface area (Å²) in [7, 11) is 0. The summed E-state index contributed by atoms with van der Waals surface area (Å²) in [5, 5.41) is 14.1. The summed E-state index contributed by atoms with van der Waals surface area (Å²) in [5.74, 6) is -1.07.